The zero-order chi connectivity index (χ0) is 17.6. The Morgan fingerprint density at radius 2 is 1.80 bits per heavy atom. The number of benzene rings is 2. The highest BCUT2D eigenvalue weighted by Gasteiger charge is 2.25. The van der Waals surface area contributed by atoms with E-state index in [9.17, 15) is 9.59 Å². The summed E-state index contributed by atoms with van der Waals surface area (Å²) in [7, 11) is 0. The summed E-state index contributed by atoms with van der Waals surface area (Å²) in [5, 5.41) is 0.619. The van der Waals surface area contributed by atoms with Crippen molar-refractivity contribution in [2.24, 2.45) is 0 Å². The molecule has 0 bridgehead atoms. The molecule has 0 saturated carbocycles. The first-order valence-corrected chi connectivity index (χ1v) is 8.03. The molecule has 0 saturated heterocycles. The van der Waals surface area contributed by atoms with Crippen LogP contribution in [0.15, 0.2) is 63.8 Å². The lowest BCUT2D eigenvalue weighted by Crippen LogP contribution is -2.27. The van der Waals surface area contributed by atoms with Gasteiger partial charge in [-0.2, -0.15) is 0 Å². The Morgan fingerprint density at radius 1 is 1.04 bits per heavy atom. The van der Waals surface area contributed by atoms with Gasteiger partial charge in [-0.3, -0.25) is 4.79 Å². The van der Waals surface area contributed by atoms with Crippen LogP contribution in [0, 0.1) is 0 Å². The molecule has 1 aliphatic heterocycles. The zero-order valence-electron chi connectivity index (χ0n) is 13.9. The van der Waals surface area contributed by atoms with Gasteiger partial charge >= 0.3 is 5.63 Å². The third-order valence-electron chi connectivity index (χ3n) is 4.21. The Balaban J connectivity index is 1.94. The van der Waals surface area contributed by atoms with E-state index in [0.717, 1.165) is 5.56 Å². The van der Waals surface area contributed by atoms with Crippen LogP contribution in [0.1, 0.15) is 35.3 Å². The van der Waals surface area contributed by atoms with Crippen molar-refractivity contribution < 1.29 is 13.9 Å². The van der Waals surface area contributed by atoms with Gasteiger partial charge in [0.15, 0.2) is 5.78 Å². The molecule has 0 spiro atoms. The zero-order valence-corrected chi connectivity index (χ0v) is 13.9. The SMILES string of the molecule is CC1(C)C=Cc2ccc3oc(=O)c(C(=O)c4ccccc4)cc3c2O1. The molecule has 25 heavy (non-hydrogen) atoms. The average molecular weight is 332 g/mol. The standard InChI is InChI=1S/C21H16O4/c1-21(2)11-10-14-8-9-17-15(19(14)25-21)12-16(20(23)24-17)18(22)13-6-4-3-5-7-13/h3-12H,1-2H3. The molecule has 0 amide bonds. The van der Waals surface area contributed by atoms with E-state index >= 15 is 0 Å². The van der Waals surface area contributed by atoms with E-state index in [1.165, 1.54) is 0 Å². The van der Waals surface area contributed by atoms with Gasteiger partial charge in [0.2, 0.25) is 0 Å². The van der Waals surface area contributed by atoms with Gasteiger partial charge in [-0.05, 0) is 38.1 Å². The lowest BCUT2D eigenvalue weighted by molar-refractivity contribution is 0.103. The Morgan fingerprint density at radius 3 is 2.56 bits per heavy atom. The average Bonchev–Trinajstić information content (AvgIpc) is 2.60. The van der Waals surface area contributed by atoms with Crippen LogP contribution in [-0.2, 0) is 0 Å². The Hall–Kier alpha value is -3.14. The van der Waals surface area contributed by atoms with Crippen molar-refractivity contribution in [2.45, 2.75) is 19.4 Å². The van der Waals surface area contributed by atoms with Gasteiger partial charge in [-0.1, -0.05) is 36.4 Å². The minimum absolute atomic E-state index is 0.00283. The van der Waals surface area contributed by atoms with Crippen molar-refractivity contribution >= 4 is 22.8 Å². The lowest BCUT2D eigenvalue weighted by atomic mass is 9.98. The molecule has 0 aliphatic carbocycles. The molecule has 4 nitrogen and oxygen atoms in total. The smallest absolute Gasteiger partial charge is 0.347 e. The fraction of sp³-hybridized carbons (Fsp3) is 0.143. The number of hydrogen-bond donors (Lipinski definition) is 0. The maximum Gasteiger partial charge on any atom is 0.347 e. The molecule has 0 unspecified atom stereocenters. The van der Waals surface area contributed by atoms with Gasteiger partial charge in [0.25, 0.3) is 0 Å². The number of carbonyl (C=O) groups is 1. The first-order valence-electron chi connectivity index (χ1n) is 8.03. The van der Waals surface area contributed by atoms with Crippen molar-refractivity contribution in [1.29, 1.82) is 0 Å². The normalized spacial score (nSPS) is 14.8. The quantitative estimate of drug-likeness (QED) is 0.521. The van der Waals surface area contributed by atoms with E-state index < -0.39 is 11.2 Å². The maximum absolute atomic E-state index is 12.7. The third kappa shape index (κ3) is 2.66. The Kier molecular flexibility index (Phi) is 3.35. The highest BCUT2D eigenvalue weighted by molar-refractivity contribution is 6.10. The summed E-state index contributed by atoms with van der Waals surface area (Å²) in [6, 6.07) is 13.8. The summed E-state index contributed by atoms with van der Waals surface area (Å²) in [6.45, 7) is 3.89. The molecule has 4 heteroatoms. The molecule has 2 heterocycles. The summed E-state index contributed by atoms with van der Waals surface area (Å²) in [5.74, 6) is 0.260. The molecule has 0 atom stereocenters. The Labute approximate surface area is 144 Å². The van der Waals surface area contributed by atoms with Crippen LogP contribution < -0.4 is 10.4 Å². The molecule has 0 N–H and O–H groups in total. The predicted octanol–water partition coefficient (Wildman–Crippen LogP) is 4.21. The summed E-state index contributed by atoms with van der Waals surface area (Å²) >= 11 is 0. The third-order valence-corrected chi connectivity index (χ3v) is 4.21. The number of ketones is 1. The molecule has 0 fully saturated rings. The van der Waals surface area contributed by atoms with Crippen LogP contribution >= 0.6 is 0 Å². The molecule has 2 aromatic carbocycles. The topological polar surface area (TPSA) is 56.5 Å². The molecule has 3 aromatic rings. The van der Waals surface area contributed by atoms with Crippen molar-refractivity contribution in [3.05, 3.63) is 81.7 Å². The van der Waals surface area contributed by atoms with Gasteiger partial charge in [0.1, 0.15) is 22.5 Å². The van der Waals surface area contributed by atoms with Crippen molar-refractivity contribution in [3.63, 3.8) is 0 Å². The molecule has 1 aromatic heterocycles. The number of ether oxygens (including phenoxy) is 1. The molecular weight excluding hydrogens is 316 g/mol. The molecule has 124 valence electrons. The number of fused-ring (bicyclic) bond motifs is 3. The summed E-state index contributed by atoms with van der Waals surface area (Å²) in [6.07, 6.45) is 3.94. The largest absolute Gasteiger partial charge is 0.482 e. The monoisotopic (exact) mass is 332 g/mol. The predicted molar refractivity (Wildman–Crippen MR) is 96.1 cm³/mol. The highest BCUT2D eigenvalue weighted by Crippen LogP contribution is 2.37. The highest BCUT2D eigenvalue weighted by atomic mass is 16.5. The van der Waals surface area contributed by atoms with Crippen molar-refractivity contribution in [2.75, 3.05) is 0 Å². The fourth-order valence-corrected chi connectivity index (χ4v) is 2.92. The van der Waals surface area contributed by atoms with E-state index in [1.807, 2.05) is 38.1 Å². The second-order valence-corrected chi connectivity index (χ2v) is 6.58. The Bertz CT molecular complexity index is 1070. The summed E-state index contributed by atoms with van der Waals surface area (Å²) in [4.78, 5) is 25.0. The van der Waals surface area contributed by atoms with Gasteiger partial charge in [-0.15, -0.1) is 0 Å². The van der Waals surface area contributed by atoms with Crippen LogP contribution in [0.2, 0.25) is 0 Å². The maximum atomic E-state index is 12.7. The second-order valence-electron chi connectivity index (χ2n) is 6.58. The van der Waals surface area contributed by atoms with E-state index in [4.69, 9.17) is 9.15 Å². The first kappa shape index (κ1) is 15.4. The van der Waals surface area contributed by atoms with Crippen LogP contribution in [0.25, 0.3) is 17.0 Å². The minimum atomic E-state index is -0.646. The van der Waals surface area contributed by atoms with Gasteiger partial charge in [0, 0.05) is 11.1 Å². The molecule has 4 rings (SSSR count). The molecule has 1 aliphatic rings. The van der Waals surface area contributed by atoms with E-state index in [0.29, 0.717) is 22.3 Å². The number of hydrogen-bond acceptors (Lipinski definition) is 4. The molecule has 0 radical (unpaired) electrons. The minimum Gasteiger partial charge on any atom is -0.482 e. The van der Waals surface area contributed by atoms with Crippen molar-refractivity contribution in [3.8, 4) is 5.75 Å². The van der Waals surface area contributed by atoms with Gasteiger partial charge in [-0.25, -0.2) is 4.79 Å². The van der Waals surface area contributed by atoms with Gasteiger partial charge in [0.05, 0.1) is 5.39 Å². The van der Waals surface area contributed by atoms with Crippen LogP contribution in [-0.4, -0.2) is 11.4 Å². The van der Waals surface area contributed by atoms with Crippen molar-refractivity contribution in [1.82, 2.24) is 0 Å². The fourth-order valence-electron chi connectivity index (χ4n) is 2.92. The number of rotatable bonds is 2. The first-order chi connectivity index (χ1) is 11.9. The van der Waals surface area contributed by atoms with E-state index in [1.54, 1.807) is 36.4 Å². The number of carbonyl (C=O) groups excluding carboxylic acids is 1. The molecular formula is C21H16O4. The second kappa shape index (κ2) is 5.45. The van der Waals surface area contributed by atoms with Crippen LogP contribution in [0.4, 0.5) is 0 Å². The van der Waals surface area contributed by atoms with E-state index in [-0.39, 0.29) is 11.3 Å². The van der Waals surface area contributed by atoms with E-state index in [2.05, 4.69) is 0 Å². The van der Waals surface area contributed by atoms with Gasteiger partial charge < -0.3 is 9.15 Å². The van der Waals surface area contributed by atoms with Crippen LogP contribution in [0.3, 0.4) is 0 Å². The summed E-state index contributed by atoms with van der Waals surface area (Å²) in [5.41, 5.74) is 0.620. The van der Waals surface area contributed by atoms with Crippen LogP contribution in [0.5, 0.6) is 5.75 Å². The lowest BCUT2D eigenvalue weighted by Gasteiger charge is -2.28. The summed E-state index contributed by atoms with van der Waals surface area (Å²) < 4.78 is 11.4.